The first kappa shape index (κ1) is 14.7. The van der Waals surface area contributed by atoms with Gasteiger partial charge in [0, 0.05) is 23.0 Å². The summed E-state index contributed by atoms with van der Waals surface area (Å²) < 4.78 is 0. The first-order valence-corrected chi connectivity index (χ1v) is 7.44. The summed E-state index contributed by atoms with van der Waals surface area (Å²) in [6.45, 7) is 1.96. The van der Waals surface area contributed by atoms with E-state index in [0.29, 0.717) is 0 Å². The third-order valence-electron chi connectivity index (χ3n) is 3.26. The molecule has 0 unspecified atom stereocenters. The minimum atomic E-state index is 0.720. The van der Waals surface area contributed by atoms with Crippen molar-refractivity contribution >= 4 is 12.0 Å². The zero-order valence-electron chi connectivity index (χ0n) is 12.9. The molecule has 2 nitrogen and oxygen atoms in total. The SMILES string of the molecule is Cc1cccc(N=Cc2ccc(C#Cc3ccccc3)cc2)n1. The molecule has 0 radical (unpaired) electrons. The smallest absolute Gasteiger partial charge is 0.152 e. The Labute approximate surface area is 136 Å². The molecule has 1 aromatic heterocycles. The Hall–Kier alpha value is -3.18. The number of hydrogen-bond donors (Lipinski definition) is 0. The fraction of sp³-hybridized carbons (Fsp3) is 0.0476. The van der Waals surface area contributed by atoms with Crippen LogP contribution < -0.4 is 0 Å². The number of aromatic nitrogens is 1. The van der Waals surface area contributed by atoms with Gasteiger partial charge in [0.25, 0.3) is 0 Å². The third-order valence-corrected chi connectivity index (χ3v) is 3.26. The molecule has 0 fully saturated rings. The molecule has 2 heteroatoms. The van der Waals surface area contributed by atoms with Gasteiger partial charge in [0.1, 0.15) is 0 Å². The Kier molecular flexibility index (Phi) is 4.61. The molecule has 0 bridgehead atoms. The molecule has 0 aliphatic heterocycles. The molecule has 110 valence electrons. The normalized spacial score (nSPS) is 10.3. The minimum absolute atomic E-state index is 0.720. The van der Waals surface area contributed by atoms with E-state index in [2.05, 4.69) is 21.8 Å². The topological polar surface area (TPSA) is 25.2 Å². The number of aliphatic imine (C=N–C) groups is 1. The zero-order valence-corrected chi connectivity index (χ0v) is 12.9. The summed E-state index contributed by atoms with van der Waals surface area (Å²) in [7, 11) is 0. The van der Waals surface area contributed by atoms with Crippen molar-refractivity contribution in [3.8, 4) is 11.8 Å². The van der Waals surface area contributed by atoms with E-state index in [9.17, 15) is 0 Å². The summed E-state index contributed by atoms with van der Waals surface area (Å²) >= 11 is 0. The van der Waals surface area contributed by atoms with Gasteiger partial charge >= 0.3 is 0 Å². The first-order valence-electron chi connectivity index (χ1n) is 7.44. The molecular weight excluding hydrogens is 280 g/mol. The quantitative estimate of drug-likeness (QED) is 0.503. The maximum absolute atomic E-state index is 4.39. The van der Waals surface area contributed by atoms with Gasteiger partial charge in [0.15, 0.2) is 5.82 Å². The summed E-state index contributed by atoms with van der Waals surface area (Å²) in [5, 5.41) is 0. The lowest BCUT2D eigenvalue weighted by molar-refractivity contribution is 1.18. The van der Waals surface area contributed by atoms with E-state index in [1.807, 2.05) is 85.9 Å². The maximum Gasteiger partial charge on any atom is 0.152 e. The molecule has 23 heavy (non-hydrogen) atoms. The molecule has 0 N–H and O–H groups in total. The van der Waals surface area contributed by atoms with E-state index in [1.165, 1.54) is 0 Å². The van der Waals surface area contributed by atoms with Crippen LogP contribution in [0.25, 0.3) is 0 Å². The second-order valence-corrected chi connectivity index (χ2v) is 5.13. The highest BCUT2D eigenvalue weighted by molar-refractivity contribution is 5.81. The number of pyridine rings is 1. The molecule has 0 amide bonds. The number of aryl methyl sites for hydroxylation is 1. The molecule has 1 heterocycles. The van der Waals surface area contributed by atoms with Gasteiger partial charge in [-0.15, -0.1) is 0 Å². The van der Waals surface area contributed by atoms with Crippen LogP contribution in [-0.2, 0) is 0 Å². The summed E-state index contributed by atoms with van der Waals surface area (Å²) in [6, 6.07) is 23.8. The van der Waals surface area contributed by atoms with Gasteiger partial charge in [0.2, 0.25) is 0 Å². The van der Waals surface area contributed by atoms with E-state index >= 15 is 0 Å². The highest BCUT2D eigenvalue weighted by Crippen LogP contribution is 2.09. The van der Waals surface area contributed by atoms with Crippen LogP contribution >= 0.6 is 0 Å². The van der Waals surface area contributed by atoms with Crippen molar-refractivity contribution in [1.82, 2.24) is 4.98 Å². The molecule has 0 spiro atoms. The number of rotatable bonds is 2. The lowest BCUT2D eigenvalue weighted by Gasteiger charge is -1.96. The van der Waals surface area contributed by atoms with Crippen LogP contribution in [0.4, 0.5) is 5.82 Å². The molecular formula is C21H16N2. The number of hydrogen-bond acceptors (Lipinski definition) is 2. The monoisotopic (exact) mass is 296 g/mol. The van der Waals surface area contributed by atoms with Gasteiger partial charge in [-0.05, 0) is 48.9 Å². The standard InChI is InChI=1S/C21H16N2/c1-17-6-5-9-21(23-17)22-16-20-14-12-19(13-15-20)11-10-18-7-3-2-4-8-18/h2-9,12-16H,1H3. The van der Waals surface area contributed by atoms with Crippen LogP contribution in [0.1, 0.15) is 22.4 Å². The lowest BCUT2D eigenvalue weighted by atomic mass is 10.1. The average Bonchev–Trinajstić information content (AvgIpc) is 2.60. The van der Waals surface area contributed by atoms with Crippen molar-refractivity contribution in [3.63, 3.8) is 0 Å². The van der Waals surface area contributed by atoms with Gasteiger partial charge in [-0.2, -0.15) is 0 Å². The molecule has 0 saturated heterocycles. The largest absolute Gasteiger partial charge is 0.237 e. The molecule has 3 rings (SSSR count). The Bertz CT molecular complexity index is 867. The van der Waals surface area contributed by atoms with Gasteiger partial charge in [-0.1, -0.05) is 48.2 Å². The Morgan fingerprint density at radius 1 is 0.783 bits per heavy atom. The molecule has 0 aliphatic carbocycles. The highest BCUT2D eigenvalue weighted by Gasteiger charge is 1.92. The summed E-state index contributed by atoms with van der Waals surface area (Å²) in [5.41, 5.74) is 3.99. The molecule has 0 atom stereocenters. The van der Waals surface area contributed by atoms with Crippen LogP contribution in [0, 0.1) is 18.8 Å². The fourth-order valence-corrected chi connectivity index (χ4v) is 2.06. The Morgan fingerprint density at radius 3 is 2.17 bits per heavy atom. The Morgan fingerprint density at radius 2 is 1.48 bits per heavy atom. The number of nitrogens with zero attached hydrogens (tertiary/aromatic N) is 2. The van der Waals surface area contributed by atoms with E-state index in [4.69, 9.17) is 0 Å². The molecule has 2 aromatic carbocycles. The minimum Gasteiger partial charge on any atom is -0.237 e. The Balaban J connectivity index is 1.71. The van der Waals surface area contributed by atoms with Crippen molar-refractivity contribution in [2.24, 2.45) is 4.99 Å². The van der Waals surface area contributed by atoms with Crippen LogP contribution in [0.2, 0.25) is 0 Å². The fourth-order valence-electron chi connectivity index (χ4n) is 2.06. The number of benzene rings is 2. The van der Waals surface area contributed by atoms with Crippen LogP contribution in [0.3, 0.4) is 0 Å². The van der Waals surface area contributed by atoms with E-state index in [0.717, 1.165) is 28.2 Å². The van der Waals surface area contributed by atoms with Crippen LogP contribution in [0.15, 0.2) is 77.8 Å². The van der Waals surface area contributed by atoms with Crippen LogP contribution in [-0.4, -0.2) is 11.2 Å². The predicted octanol–water partition coefficient (Wildman–Crippen LogP) is 4.54. The van der Waals surface area contributed by atoms with Gasteiger partial charge in [-0.3, -0.25) is 0 Å². The summed E-state index contributed by atoms with van der Waals surface area (Å²) in [5.74, 6) is 7.03. The highest BCUT2D eigenvalue weighted by atomic mass is 14.9. The molecule has 0 aliphatic rings. The summed E-state index contributed by atoms with van der Waals surface area (Å²) in [4.78, 5) is 8.74. The lowest BCUT2D eigenvalue weighted by Crippen LogP contribution is -1.84. The van der Waals surface area contributed by atoms with E-state index in [-0.39, 0.29) is 0 Å². The molecule has 0 saturated carbocycles. The van der Waals surface area contributed by atoms with Crippen molar-refractivity contribution in [1.29, 1.82) is 0 Å². The van der Waals surface area contributed by atoms with Gasteiger partial charge < -0.3 is 0 Å². The van der Waals surface area contributed by atoms with Crippen molar-refractivity contribution in [3.05, 3.63) is 95.2 Å². The van der Waals surface area contributed by atoms with E-state index in [1.54, 1.807) is 0 Å². The third kappa shape index (κ3) is 4.39. The first-order chi connectivity index (χ1) is 11.3. The second kappa shape index (κ2) is 7.20. The predicted molar refractivity (Wildman–Crippen MR) is 95.1 cm³/mol. The van der Waals surface area contributed by atoms with Crippen molar-refractivity contribution in [2.45, 2.75) is 6.92 Å². The summed E-state index contributed by atoms with van der Waals surface area (Å²) in [6.07, 6.45) is 1.82. The average molecular weight is 296 g/mol. The maximum atomic E-state index is 4.39. The van der Waals surface area contributed by atoms with Crippen molar-refractivity contribution < 1.29 is 0 Å². The second-order valence-electron chi connectivity index (χ2n) is 5.13. The van der Waals surface area contributed by atoms with Gasteiger partial charge in [0.05, 0.1) is 0 Å². The van der Waals surface area contributed by atoms with Crippen molar-refractivity contribution in [2.75, 3.05) is 0 Å². The zero-order chi connectivity index (χ0) is 15.9. The van der Waals surface area contributed by atoms with Gasteiger partial charge in [-0.25, -0.2) is 9.98 Å². The molecule has 3 aromatic rings. The van der Waals surface area contributed by atoms with E-state index < -0.39 is 0 Å². The van der Waals surface area contributed by atoms with Crippen LogP contribution in [0.5, 0.6) is 0 Å².